The van der Waals surface area contributed by atoms with Gasteiger partial charge in [0.15, 0.2) is 0 Å². The van der Waals surface area contributed by atoms with Crippen LogP contribution >= 0.6 is 0 Å². The molecule has 2 aliphatic carbocycles. The van der Waals surface area contributed by atoms with Crippen LogP contribution in [0.25, 0.3) is 0 Å². The first-order valence-electron chi connectivity index (χ1n) is 11.3. The first-order chi connectivity index (χ1) is 13.5. The highest BCUT2D eigenvalue weighted by Gasteiger charge is 2.48. The predicted molar refractivity (Wildman–Crippen MR) is 109 cm³/mol. The Balaban J connectivity index is 1.55. The maximum atomic E-state index is 13.1. The lowest BCUT2D eigenvalue weighted by Gasteiger charge is -2.30. The van der Waals surface area contributed by atoms with Gasteiger partial charge in [-0.1, -0.05) is 33.1 Å². The van der Waals surface area contributed by atoms with Crippen LogP contribution in [0.4, 0.5) is 0 Å². The Morgan fingerprint density at radius 2 is 1.93 bits per heavy atom. The van der Waals surface area contributed by atoms with Crippen LogP contribution in [0.3, 0.4) is 0 Å². The quantitative estimate of drug-likeness (QED) is 0.724. The minimum Gasteiger partial charge on any atom is -0.392 e. The number of aromatic nitrogens is 2. The van der Waals surface area contributed by atoms with E-state index in [0.29, 0.717) is 18.4 Å². The molecule has 3 fully saturated rings. The van der Waals surface area contributed by atoms with Gasteiger partial charge in [-0.3, -0.25) is 4.79 Å². The third-order valence-corrected chi connectivity index (χ3v) is 7.03. The summed E-state index contributed by atoms with van der Waals surface area (Å²) >= 11 is 0. The van der Waals surface area contributed by atoms with Crippen molar-refractivity contribution >= 4 is 5.91 Å². The monoisotopic (exact) mass is 388 g/mol. The molecular weight excluding hydrogens is 352 g/mol. The molecule has 1 saturated heterocycles. The number of nitrogens with zero attached hydrogens (tertiary/aromatic N) is 2. The summed E-state index contributed by atoms with van der Waals surface area (Å²) in [5, 5.41) is 15.1. The Labute approximate surface area is 168 Å². The van der Waals surface area contributed by atoms with E-state index in [1.807, 2.05) is 11.1 Å². The van der Waals surface area contributed by atoms with E-state index in [0.717, 1.165) is 37.4 Å². The number of hydrogen-bond donors (Lipinski definition) is 3. The predicted octanol–water partition coefficient (Wildman–Crippen LogP) is 2.91. The van der Waals surface area contributed by atoms with Crippen molar-refractivity contribution in [3.8, 4) is 0 Å². The molecule has 0 unspecified atom stereocenters. The summed E-state index contributed by atoms with van der Waals surface area (Å²) in [5.74, 6) is 1.01. The molecule has 6 nitrogen and oxygen atoms in total. The van der Waals surface area contributed by atoms with Gasteiger partial charge in [0, 0.05) is 48.9 Å². The fraction of sp³-hybridized carbons (Fsp3) is 0.818. The molecule has 4 atom stereocenters. The maximum absolute atomic E-state index is 13.1. The lowest BCUT2D eigenvalue weighted by atomic mass is 9.92. The lowest BCUT2D eigenvalue weighted by Crippen LogP contribution is -2.42. The minimum absolute atomic E-state index is 0.0986. The molecule has 0 aromatic carbocycles. The molecule has 0 spiro atoms. The van der Waals surface area contributed by atoms with Gasteiger partial charge in [0.05, 0.1) is 12.0 Å². The number of carbonyl (C=O) groups is 1. The average molecular weight is 389 g/mol. The Kier molecular flexibility index (Phi) is 6.07. The second-order valence-corrected chi connectivity index (χ2v) is 9.38. The fourth-order valence-corrected chi connectivity index (χ4v) is 5.43. The molecule has 156 valence electrons. The van der Waals surface area contributed by atoms with Crippen LogP contribution in [0, 0.1) is 5.92 Å². The van der Waals surface area contributed by atoms with E-state index in [1.54, 1.807) is 0 Å². The molecule has 3 aliphatic rings. The van der Waals surface area contributed by atoms with E-state index >= 15 is 0 Å². The van der Waals surface area contributed by atoms with Crippen molar-refractivity contribution in [1.82, 2.24) is 20.2 Å². The average Bonchev–Trinajstić information content (AvgIpc) is 3.42. The highest BCUT2D eigenvalue weighted by Crippen LogP contribution is 2.41. The van der Waals surface area contributed by atoms with Gasteiger partial charge >= 0.3 is 0 Å². The second-order valence-electron chi connectivity index (χ2n) is 9.38. The molecule has 3 N–H and O–H groups in total. The van der Waals surface area contributed by atoms with Crippen LogP contribution in [0.15, 0.2) is 6.20 Å². The van der Waals surface area contributed by atoms with Gasteiger partial charge in [0.25, 0.3) is 0 Å². The number of amides is 1. The summed E-state index contributed by atoms with van der Waals surface area (Å²) in [6.45, 7) is 5.92. The van der Waals surface area contributed by atoms with Gasteiger partial charge in [-0.15, -0.1) is 0 Å². The summed E-state index contributed by atoms with van der Waals surface area (Å²) in [7, 11) is 0. The van der Waals surface area contributed by atoms with Crippen molar-refractivity contribution in [2.24, 2.45) is 5.92 Å². The number of aromatic amines is 1. The zero-order valence-electron chi connectivity index (χ0n) is 17.4. The summed E-state index contributed by atoms with van der Waals surface area (Å²) in [6.07, 6.45) is 10.4. The van der Waals surface area contributed by atoms with E-state index in [9.17, 15) is 9.90 Å². The third kappa shape index (κ3) is 3.99. The normalized spacial score (nSPS) is 31.8. The van der Waals surface area contributed by atoms with Crippen LogP contribution in [0.5, 0.6) is 0 Å². The number of rotatable bonds is 5. The first kappa shape index (κ1) is 19.9. The van der Waals surface area contributed by atoms with Gasteiger partial charge in [-0.25, -0.2) is 4.98 Å². The molecule has 4 rings (SSSR count). The molecule has 1 amide bonds. The van der Waals surface area contributed by atoms with Crippen molar-refractivity contribution in [2.45, 2.75) is 95.2 Å². The maximum Gasteiger partial charge on any atom is 0.228 e. The lowest BCUT2D eigenvalue weighted by molar-refractivity contribution is -0.137. The molecule has 2 heterocycles. The van der Waals surface area contributed by atoms with Crippen molar-refractivity contribution < 1.29 is 9.90 Å². The smallest absolute Gasteiger partial charge is 0.228 e. The van der Waals surface area contributed by atoms with Gasteiger partial charge in [-0.2, -0.15) is 0 Å². The third-order valence-electron chi connectivity index (χ3n) is 7.03. The Morgan fingerprint density at radius 1 is 1.21 bits per heavy atom. The van der Waals surface area contributed by atoms with Crippen molar-refractivity contribution in [2.75, 3.05) is 13.1 Å². The Bertz CT molecular complexity index is 661. The summed E-state index contributed by atoms with van der Waals surface area (Å²) < 4.78 is 0. The zero-order chi connectivity index (χ0) is 19.7. The topological polar surface area (TPSA) is 81.2 Å². The van der Waals surface area contributed by atoms with Crippen molar-refractivity contribution in [1.29, 1.82) is 0 Å². The van der Waals surface area contributed by atoms with Crippen LogP contribution in [-0.2, 0) is 4.79 Å². The van der Waals surface area contributed by atoms with Gasteiger partial charge < -0.3 is 20.3 Å². The minimum atomic E-state index is -0.658. The zero-order valence-corrected chi connectivity index (χ0v) is 17.4. The first-order valence-corrected chi connectivity index (χ1v) is 11.3. The SMILES string of the molecule is CC(C)c1ncc([C@@H]2[C@H](O)[C@@H](C(=O)N3CCCC3)C[C@H]2NC2CCCCC2)[nH]1. The fourth-order valence-electron chi connectivity index (χ4n) is 5.43. The highest BCUT2D eigenvalue weighted by atomic mass is 16.3. The van der Waals surface area contributed by atoms with E-state index < -0.39 is 6.10 Å². The molecule has 0 radical (unpaired) electrons. The standard InChI is InChI=1S/C22H36N4O2/c1-14(2)21-23-13-18(25-21)19-17(24-15-8-4-3-5-9-15)12-16(20(19)27)22(28)26-10-6-7-11-26/h13-17,19-20,24,27H,3-12H2,1-2H3,(H,23,25)/t16-,17+,19+,20+/m0/s1. The number of hydrogen-bond acceptors (Lipinski definition) is 4. The summed E-state index contributed by atoms with van der Waals surface area (Å²) in [6, 6.07) is 0.622. The molecular formula is C22H36N4O2. The van der Waals surface area contributed by atoms with E-state index in [1.165, 1.54) is 32.1 Å². The Morgan fingerprint density at radius 3 is 2.57 bits per heavy atom. The number of H-pyrrole nitrogens is 1. The number of aliphatic hydroxyl groups excluding tert-OH is 1. The molecule has 1 aromatic rings. The number of imidazole rings is 1. The van der Waals surface area contributed by atoms with E-state index in [4.69, 9.17) is 0 Å². The van der Waals surface area contributed by atoms with Crippen LogP contribution in [0.2, 0.25) is 0 Å². The van der Waals surface area contributed by atoms with E-state index in [-0.39, 0.29) is 23.8 Å². The second kappa shape index (κ2) is 8.54. The Hall–Kier alpha value is -1.40. The summed E-state index contributed by atoms with van der Waals surface area (Å²) in [5.41, 5.74) is 0.973. The molecule has 1 aliphatic heterocycles. The number of carbonyl (C=O) groups excluding carboxylic acids is 1. The van der Waals surface area contributed by atoms with Gasteiger partial charge in [0.1, 0.15) is 5.82 Å². The summed E-state index contributed by atoms with van der Waals surface area (Å²) in [4.78, 5) is 23.0. The van der Waals surface area contributed by atoms with Gasteiger partial charge in [0.2, 0.25) is 5.91 Å². The van der Waals surface area contributed by atoms with Gasteiger partial charge in [-0.05, 0) is 32.1 Å². The number of nitrogens with one attached hydrogen (secondary N) is 2. The van der Waals surface area contributed by atoms with Crippen molar-refractivity contribution in [3.63, 3.8) is 0 Å². The number of aliphatic hydroxyl groups is 1. The van der Waals surface area contributed by atoms with Crippen LogP contribution in [0.1, 0.15) is 88.6 Å². The van der Waals surface area contributed by atoms with Crippen LogP contribution in [-0.4, -0.2) is 57.2 Å². The highest BCUT2D eigenvalue weighted by molar-refractivity contribution is 5.80. The molecule has 0 bridgehead atoms. The molecule has 6 heteroatoms. The van der Waals surface area contributed by atoms with Crippen LogP contribution < -0.4 is 5.32 Å². The number of likely N-dealkylation sites (tertiary alicyclic amines) is 1. The largest absolute Gasteiger partial charge is 0.392 e. The van der Waals surface area contributed by atoms with Crippen molar-refractivity contribution in [3.05, 3.63) is 17.7 Å². The van der Waals surface area contributed by atoms with E-state index in [2.05, 4.69) is 29.1 Å². The molecule has 1 aromatic heterocycles. The molecule has 2 saturated carbocycles. The molecule has 28 heavy (non-hydrogen) atoms.